The molecule has 15 heavy (non-hydrogen) atoms. The van der Waals surface area contributed by atoms with Gasteiger partial charge in [-0.2, -0.15) is 13.2 Å². The van der Waals surface area contributed by atoms with Crippen molar-refractivity contribution in [3.05, 3.63) is 29.6 Å². The van der Waals surface area contributed by atoms with Gasteiger partial charge in [0, 0.05) is 25.2 Å². The van der Waals surface area contributed by atoms with Crippen molar-refractivity contribution in [1.29, 1.82) is 0 Å². The van der Waals surface area contributed by atoms with Gasteiger partial charge in [-0.3, -0.25) is 4.98 Å². The summed E-state index contributed by atoms with van der Waals surface area (Å²) in [6.45, 7) is 1.65. The van der Waals surface area contributed by atoms with E-state index >= 15 is 0 Å². The Hall–Kier alpha value is -0.810. The quantitative estimate of drug-likeness (QED) is 0.812. The molecule has 0 atom stereocenters. The average molecular weight is 239 g/mol. The summed E-state index contributed by atoms with van der Waals surface area (Å²) in [5.41, 5.74) is 0.0466. The second-order valence-corrected chi connectivity index (χ2v) is 3.33. The minimum absolute atomic E-state index is 0. The molecule has 6 heteroatoms. The Morgan fingerprint density at radius 2 is 1.93 bits per heavy atom. The second kappa shape index (κ2) is 4.37. The molecule has 1 aromatic rings. The van der Waals surface area contributed by atoms with Gasteiger partial charge in [0.05, 0.1) is 0 Å². The fraction of sp³-hybridized carbons (Fsp3) is 0.444. The smallest absolute Gasteiger partial charge is 0.315 e. The summed E-state index contributed by atoms with van der Waals surface area (Å²) in [4.78, 5) is 3.40. The Morgan fingerprint density at radius 3 is 2.27 bits per heavy atom. The van der Waals surface area contributed by atoms with Gasteiger partial charge in [-0.1, -0.05) is 6.07 Å². The zero-order valence-corrected chi connectivity index (χ0v) is 8.53. The topological polar surface area (TPSA) is 24.9 Å². The predicted octanol–water partition coefficient (Wildman–Crippen LogP) is 2.21. The zero-order valence-electron chi connectivity index (χ0n) is 7.71. The first-order valence-electron chi connectivity index (χ1n) is 4.31. The third-order valence-electron chi connectivity index (χ3n) is 2.33. The zero-order chi connectivity index (χ0) is 10.2. The molecule has 1 aromatic heterocycles. The van der Waals surface area contributed by atoms with E-state index in [9.17, 15) is 13.2 Å². The molecular weight excluding hydrogens is 229 g/mol. The Bertz CT molecular complexity index is 319. The molecule has 2 rings (SSSR count). The summed E-state index contributed by atoms with van der Waals surface area (Å²) in [5.74, 6) is 0.324. The number of hydrogen-bond donors (Lipinski definition) is 1. The van der Waals surface area contributed by atoms with Crippen LogP contribution in [-0.2, 0) is 6.18 Å². The number of pyridine rings is 1. The number of aromatic nitrogens is 1. The van der Waals surface area contributed by atoms with E-state index in [4.69, 9.17) is 0 Å². The molecule has 2 heterocycles. The molecular formula is C9H10ClF3N2. The Balaban J connectivity index is 0.00000112. The highest BCUT2D eigenvalue weighted by molar-refractivity contribution is 5.85. The Morgan fingerprint density at radius 1 is 1.27 bits per heavy atom. The first-order chi connectivity index (χ1) is 6.57. The number of nitrogens with zero attached hydrogens (tertiary/aromatic N) is 1. The van der Waals surface area contributed by atoms with Crippen LogP contribution in [0.1, 0.15) is 17.2 Å². The van der Waals surface area contributed by atoms with Gasteiger partial charge in [0.1, 0.15) is 5.69 Å². The molecule has 1 aliphatic rings. The van der Waals surface area contributed by atoms with Gasteiger partial charge in [0.15, 0.2) is 0 Å². The van der Waals surface area contributed by atoms with Crippen molar-refractivity contribution in [3.63, 3.8) is 0 Å². The Labute approximate surface area is 91.3 Å². The molecule has 1 N–H and O–H groups in total. The number of hydrogen-bond acceptors (Lipinski definition) is 2. The Kier molecular flexibility index (Phi) is 3.57. The van der Waals surface area contributed by atoms with Crippen LogP contribution in [0.15, 0.2) is 18.3 Å². The molecule has 1 saturated heterocycles. The third kappa shape index (κ3) is 2.60. The van der Waals surface area contributed by atoms with Gasteiger partial charge in [-0.05, 0) is 11.6 Å². The fourth-order valence-electron chi connectivity index (χ4n) is 1.34. The molecule has 0 aliphatic carbocycles. The molecule has 1 fully saturated rings. The van der Waals surface area contributed by atoms with Crippen molar-refractivity contribution < 1.29 is 13.2 Å². The van der Waals surface area contributed by atoms with Crippen LogP contribution in [0.2, 0.25) is 0 Å². The van der Waals surface area contributed by atoms with Gasteiger partial charge >= 0.3 is 6.18 Å². The molecule has 2 nitrogen and oxygen atoms in total. The minimum atomic E-state index is -4.34. The number of alkyl halides is 3. The summed E-state index contributed by atoms with van der Waals surface area (Å²) in [6, 6.07) is 2.54. The molecule has 0 radical (unpaired) electrons. The van der Waals surface area contributed by atoms with E-state index in [1.807, 2.05) is 0 Å². The van der Waals surface area contributed by atoms with E-state index in [1.54, 1.807) is 0 Å². The number of nitrogens with one attached hydrogen (secondary N) is 1. The second-order valence-electron chi connectivity index (χ2n) is 3.33. The van der Waals surface area contributed by atoms with Crippen molar-refractivity contribution in [2.45, 2.75) is 12.1 Å². The highest BCUT2D eigenvalue weighted by atomic mass is 35.5. The van der Waals surface area contributed by atoms with Crippen LogP contribution in [0.4, 0.5) is 13.2 Å². The maximum Gasteiger partial charge on any atom is 0.433 e. The number of rotatable bonds is 1. The van der Waals surface area contributed by atoms with Gasteiger partial charge in [0.2, 0.25) is 0 Å². The SMILES string of the molecule is Cl.FC(F)(F)c1ccc(C2CNC2)cn1. The molecule has 0 amide bonds. The molecule has 0 aromatic carbocycles. The summed E-state index contributed by atoms with van der Waals surface area (Å²) in [7, 11) is 0. The van der Waals surface area contributed by atoms with E-state index in [0.717, 1.165) is 24.7 Å². The summed E-state index contributed by atoms with van der Waals surface area (Å²) in [5, 5.41) is 3.05. The van der Waals surface area contributed by atoms with Gasteiger partial charge in [-0.25, -0.2) is 0 Å². The number of halogens is 4. The maximum absolute atomic E-state index is 12.1. The van der Waals surface area contributed by atoms with Crippen molar-refractivity contribution in [2.75, 3.05) is 13.1 Å². The lowest BCUT2D eigenvalue weighted by molar-refractivity contribution is -0.141. The molecule has 84 valence electrons. The van der Waals surface area contributed by atoms with Crippen LogP contribution in [0.5, 0.6) is 0 Å². The van der Waals surface area contributed by atoms with Crippen LogP contribution in [0.25, 0.3) is 0 Å². The van der Waals surface area contributed by atoms with Crippen LogP contribution < -0.4 is 5.32 Å². The van der Waals surface area contributed by atoms with Crippen molar-refractivity contribution in [1.82, 2.24) is 10.3 Å². The summed E-state index contributed by atoms with van der Waals surface area (Å²) >= 11 is 0. The molecule has 1 aliphatic heterocycles. The predicted molar refractivity (Wildman–Crippen MR) is 52.1 cm³/mol. The van der Waals surface area contributed by atoms with E-state index in [1.165, 1.54) is 12.3 Å². The normalized spacial score (nSPS) is 16.7. The van der Waals surface area contributed by atoms with Crippen molar-refractivity contribution >= 4 is 12.4 Å². The first-order valence-corrected chi connectivity index (χ1v) is 4.31. The highest BCUT2D eigenvalue weighted by Gasteiger charge is 2.32. The minimum Gasteiger partial charge on any atom is -0.315 e. The lowest BCUT2D eigenvalue weighted by atomic mass is 9.95. The lowest BCUT2D eigenvalue weighted by Gasteiger charge is -2.27. The molecule has 0 saturated carbocycles. The van der Waals surface area contributed by atoms with Gasteiger partial charge in [-0.15, -0.1) is 12.4 Å². The van der Waals surface area contributed by atoms with E-state index in [-0.39, 0.29) is 12.4 Å². The van der Waals surface area contributed by atoms with E-state index in [0.29, 0.717) is 5.92 Å². The average Bonchev–Trinajstić information content (AvgIpc) is 2.00. The molecule has 0 bridgehead atoms. The van der Waals surface area contributed by atoms with Crippen LogP contribution in [0, 0.1) is 0 Å². The van der Waals surface area contributed by atoms with Gasteiger partial charge in [0.25, 0.3) is 0 Å². The third-order valence-corrected chi connectivity index (χ3v) is 2.33. The molecule has 0 spiro atoms. The van der Waals surface area contributed by atoms with Crippen LogP contribution in [-0.4, -0.2) is 18.1 Å². The largest absolute Gasteiger partial charge is 0.433 e. The summed E-state index contributed by atoms with van der Waals surface area (Å²) in [6.07, 6.45) is -3.02. The first kappa shape index (κ1) is 12.3. The highest BCUT2D eigenvalue weighted by Crippen LogP contribution is 2.28. The monoisotopic (exact) mass is 238 g/mol. The molecule has 0 unspecified atom stereocenters. The van der Waals surface area contributed by atoms with E-state index in [2.05, 4.69) is 10.3 Å². The maximum atomic E-state index is 12.1. The summed E-state index contributed by atoms with van der Waals surface area (Å²) < 4.78 is 36.4. The fourth-order valence-corrected chi connectivity index (χ4v) is 1.34. The van der Waals surface area contributed by atoms with Crippen molar-refractivity contribution in [2.24, 2.45) is 0 Å². The van der Waals surface area contributed by atoms with Crippen molar-refractivity contribution in [3.8, 4) is 0 Å². The van der Waals surface area contributed by atoms with Gasteiger partial charge < -0.3 is 5.32 Å². The van der Waals surface area contributed by atoms with E-state index < -0.39 is 11.9 Å². The van der Waals surface area contributed by atoms with Crippen LogP contribution in [0.3, 0.4) is 0 Å². The standard InChI is InChI=1S/C9H9F3N2.ClH/c10-9(11,12)8-2-1-6(5-14-8)7-3-13-4-7;/h1-2,5,7,13H,3-4H2;1H. The van der Waals surface area contributed by atoms with Crippen LogP contribution >= 0.6 is 12.4 Å². The lowest BCUT2D eigenvalue weighted by Crippen LogP contribution is -2.39.